The standard InChI is InChI=1S/C28H44O3/c1-4-6-8-9-11-12-23-14-16-24(17-15-23)25-18-20-26(21-19-25)28(30)22(3)31-27(29)13-10-7-5-2/h18-24H,4-17H2,1-3H3. The summed E-state index contributed by atoms with van der Waals surface area (Å²) in [6.07, 6.45) is 16.1. The number of benzene rings is 1. The lowest BCUT2D eigenvalue weighted by Crippen LogP contribution is -2.24. The van der Waals surface area contributed by atoms with E-state index in [1.165, 1.54) is 69.8 Å². The van der Waals surface area contributed by atoms with Crippen LogP contribution in [0.1, 0.15) is 133 Å². The van der Waals surface area contributed by atoms with Gasteiger partial charge in [0.1, 0.15) is 0 Å². The van der Waals surface area contributed by atoms with Crippen LogP contribution in [-0.4, -0.2) is 17.9 Å². The number of esters is 1. The molecule has 3 heteroatoms. The van der Waals surface area contributed by atoms with Gasteiger partial charge >= 0.3 is 5.97 Å². The molecule has 31 heavy (non-hydrogen) atoms. The van der Waals surface area contributed by atoms with Crippen molar-refractivity contribution in [2.45, 2.75) is 123 Å². The lowest BCUT2D eigenvalue weighted by molar-refractivity contribution is -0.146. The Balaban J connectivity index is 1.75. The minimum atomic E-state index is -0.715. The molecular formula is C28H44O3. The molecule has 0 radical (unpaired) electrons. The van der Waals surface area contributed by atoms with Crippen molar-refractivity contribution in [1.82, 2.24) is 0 Å². The summed E-state index contributed by atoms with van der Waals surface area (Å²) < 4.78 is 5.34. The van der Waals surface area contributed by atoms with E-state index >= 15 is 0 Å². The van der Waals surface area contributed by atoms with Gasteiger partial charge in [0.25, 0.3) is 0 Å². The molecule has 0 spiro atoms. The van der Waals surface area contributed by atoms with Gasteiger partial charge in [0, 0.05) is 12.0 Å². The fraction of sp³-hybridized carbons (Fsp3) is 0.714. The molecule has 0 aromatic heterocycles. The second-order valence-corrected chi connectivity index (χ2v) is 9.50. The maximum atomic E-state index is 12.6. The van der Waals surface area contributed by atoms with Crippen molar-refractivity contribution in [3.05, 3.63) is 35.4 Å². The van der Waals surface area contributed by atoms with Crippen LogP contribution in [-0.2, 0) is 9.53 Å². The van der Waals surface area contributed by atoms with Gasteiger partial charge in [0.05, 0.1) is 0 Å². The number of carbonyl (C=O) groups is 2. The van der Waals surface area contributed by atoms with E-state index in [2.05, 4.69) is 26.0 Å². The third-order valence-corrected chi connectivity index (χ3v) is 6.89. The molecule has 0 amide bonds. The van der Waals surface area contributed by atoms with Crippen molar-refractivity contribution in [2.75, 3.05) is 0 Å². The van der Waals surface area contributed by atoms with Crippen molar-refractivity contribution < 1.29 is 14.3 Å². The molecule has 1 aromatic rings. The Morgan fingerprint density at radius 3 is 2.13 bits per heavy atom. The molecule has 0 N–H and O–H groups in total. The topological polar surface area (TPSA) is 43.4 Å². The van der Waals surface area contributed by atoms with Gasteiger partial charge in [-0.2, -0.15) is 0 Å². The average molecular weight is 429 g/mol. The van der Waals surface area contributed by atoms with Crippen LogP contribution in [0.15, 0.2) is 24.3 Å². The van der Waals surface area contributed by atoms with Gasteiger partial charge in [0.15, 0.2) is 6.10 Å². The van der Waals surface area contributed by atoms with Crippen molar-refractivity contribution >= 4 is 11.8 Å². The Hall–Kier alpha value is -1.64. The quantitative estimate of drug-likeness (QED) is 0.171. The molecule has 1 fully saturated rings. The number of ketones is 1. The van der Waals surface area contributed by atoms with Gasteiger partial charge in [-0.05, 0) is 56.4 Å². The summed E-state index contributed by atoms with van der Waals surface area (Å²) in [7, 11) is 0. The Bertz CT molecular complexity index is 641. The summed E-state index contributed by atoms with van der Waals surface area (Å²) in [5.74, 6) is 1.15. The zero-order valence-corrected chi connectivity index (χ0v) is 20.2. The summed E-state index contributed by atoms with van der Waals surface area (Å²) in [4.78, 5) is 24.5. The second-order valence-electron chi connectivity index (χ2n) is 9.50. The lowest BCUT2D eigenvalue weighted by atomic mass is 9.77. The predicted molar refractivity (Wildman–Crippen MR) is 129 cm³/mol. The van der Waals surface area contributed by atoms with Gasteiger partial charge in [-0.25, -0.2) is 0 Å². The first kappa shape index (κ1) is 25.6. The highest BCUT2D eigenvalue weighted by Gasteiger charge is 2.23. The number of Topliss-reactive ketones (excluding diaryl/α,β-unsaturated/α-hetero) is 1. The van der Waals surface area contributed by atoms with E-state index in [1.54, 1.807) is 6.92 Å². The van der Waals surface area contributed by atoms with E-state index in [1.807, 2.05) is 12.1 Å². The molecule has 1 unspecified atom stereocenters. The molecule has 1 aromatic carbocycles. The fourth-order valence-corrected chi connectivity index (χ4v) is 4.80. The number of ether oxygens (including phenoxy) is 1. The van der Waals surface area contributed by atoms with Crippen molar-refractivity contribution in [2.24, 2.45) is 5.92 Å². The summed E-state index contributed by atoms with van der Waals surface area (Å²) in [5.41, 5.74) is 1.99. The molecule has 174 valence electrons. The largest absolute Gasteiger partial charge is 0.454 e. The van der Waals surface area contributed by atoms with E-state index in [9.17, 15) is 9.59 Å². The first-order chi connectivity index (χ1) is 15.0. The molecule has 1 aliphatic rings. The molecule has 0 aliphatic heterocycles. The Morgan fingerprint density at radius 2 is 1.48 bits per heavy atom. The summed E-state index contributed by atoms with van der Waals surface area (Å²) >= 11 is 0. The van der Waals surface area contributed by atoms with Crippen LogP contribution >= 0.6 is 0 Å². The molecule has 1 saturated carbocycles. The number of hydrogen-bond donors (Lipinski definition) is 0. The zero-order chi connectivity index (χ0) is 22.5. The smallest absolute Gasteiger partial charge is 0.306 e. The Labute approximate surface area is 190 Å². The van der Waals surface area contributed by atoms with Crippen molar-refractivity contribution in [3.8, 4) is 0 Å². The minimum Gasteiger partial charge on any atom is -0.454 e. The van der Waals surface area contributed by atoms with Gasteiger partial charge in [-0.1, -0.05) is 89.5 Å². The molecular weight excluding hydrogens is 384 g/mol. The van der Waals surface area contributed by atoms with Crippen molar-refractivity contribution in [1.29, 1.82) is 0 Å². The number of hydrogen-bond acceptors (Lipinski definition) is 3. The summed E-state index contributed by atoms with van der Waals surface area (Å²) in [6.45, 7) is 6.05. The molecule has 0 saturated heterocycles. The molecule has 3 nitrogen and oxygen atoms in total. The monoisotopic (exact) mass is 428 g/mol. The zero-order valence-electron chi connectivity index (χ0n) is 20.2. The van der Waals surface area contributed by atoms with E-state index in [0.29, 0.717) is 17.9 Å². The predicted octanol–water partition coefficient (Wildman–Crippen LogP) is 8.02. The second kappa shape index (κ2) is 14.4. The van der Waals surface area contributed by atoms with E-state index in [-0.39, 0.29) is 11.8 Å². The maximum absolute atomic E-state index is 12.6. The summed E-state index contributed by atoms with van der Waals surface area (Å²) in [6, 6.07) is 8.05. The number of rotatable bonds is 14. The van der Waals surface area contributed by atoms with Gasteiger partial charge in [-0.15, -0.1) is 0 Å². The van der Waals surface area contributed by atoms with Gasteiger partial charge in [0.2, 0.25) is 5.78 Å². The van der Waals surface area contributed by atoms with Crippen molar-refractivity contribution in [3.63, 3.8) is 0 Å². The third-order valence-electron chi connectivity index (χ3n) is 6.89. The lowest BCUT2D eigenvalue weighted by Gasteiger charge is -2.29. The Morgan fingerprint density at radius 1 is 0.871 bits per heavy atom. The summed E-state index contributed by atoms with van der Waals surface area (Å²) in [5, 5.41) is 0. The normalized spacial score (nSPS) is 19.7. The van der Waals surface area contributed by atoms with E-state index < -0.39 is 6.10 Å². The average Bonchev–Trinajstić information content (AvgIpc) is 2.79. The number of unbranched alkanes of at least 4 members (excludes halogenated alkanes) is 6. The molecule has 2 rings (SSSR count). The highest BCUT2D eigenvalue weighted by molar-refractivity contribution is 6.00. The van der Waals surface area contributed by atoms with Crippen LogP contribution in [0.2, 0.25) is 0 Å². The van der Waals surface area contributed by atoms with Crippen LogP contribution in [0.25, 0.3) is 0 Å². The van der Waals surface area contributed by atoms with E-state index in [0.717, 1.165) is 25.2 Å². The SMILES string of the molecule is CCCCCCCC1CCC(c2ccc(C(=O)C(C)OC(=O)CCCCC)cc2)CC1. The highest BCUT2D eigenvalue weighted by atomic mass is 16.5. The first-order valence-corrected chi connectivity index (χ1v) is 12.9. The Kier molecular flexibility index (Phi) is 11.9. The maximum Gasteiger partial charge on any atom is 0.306 e. The van der Waals surface area contributed by atoms with Crippen LogP contribution in [0.3, 0.4) is 0 Å². The highest BCUT2D eigenvalue weighted by Crippen LogP contribution is 2.37. The molecule has 1 atom stereocenters. The molecule has 0 bridgehead atoms. The third kappa shape index (κ3) is 9.17. The molecule has 0 heterocycles. The van der Waals surface area contributed by atoms with Gasteiger partial charge in [-0.3, -0.25) is 9.59 Å². The minimum absolute atomic E-state index is 0.109. The van der Waals surface area contributed by atoms with E-state index in [4.69, 9.17) is 4.74 Å². The van der Waals surface area contributed by atoms with Crippen LogP contribution < -0.4 is 0 Å². The van der Waals surface area contributed by atoms with Crippen LogP contribution in [0, 0.1) is 5.92 Å². The molecule has 1 aliphatic carbocycles. The van der Waals surface area contributed by atoms with Crippen LogP contribution in [0.4, 0.5) is 0 Å². The fourth-order valence-electron chi connectivity index (χ4n) is 4.80. The van der Waals surface area contributed by atoms with Gasteiger partial charge < -0.3 is 4.74 Å². The number of carbonyl (C=O) groups excluding carboxylic acids is 2. The van der Waals surface area contributed by atoms with Crippen LogP contribution in [0.5, 0.6) is 0 Å². The first-order valence-electron chi connectivity index (χ1n) is 12.9.